The largest absolute Gasteiger partial charge is 0.354 e. The predicted molar refractivity (Wildman–Crippen MR) is 185 cm³/mol. The van der Waals surface area contributed by atoms with Crippen molar-refractivity contribution in [3.63, 3.8) is 0 Å². The maximum absolute atomic E-state index is 14.6. The molecule has 242 valence electrons. The van der Waals surface area contributed by atoms with Gasteiger partial charge in [0.25, 0.3) is 10.0 Å². The molecule has 0 heterocycles. The van der Waals surface area contributed by atoms with Crippen molar-refractivity contribution in [1.29, 1.82) is 0 Å². The van der Waals surface area contributed by atoms with Crippen molar-refractivity contribution in [1.82, 2.24) is 10.2 Å². The van der Waals surface area contributed by atoms with Gasteiger partial charge in [0.1, 0.15) is 12.6 Å². The summed E-state index contributed by atoms with van der Waals surface area (Å²) in [7, 11) is -4.17. The van der Waals surface area contributed by atoms with Gasteiger partial charge in [-0.2, -0.15) is 0 Å². The highest BCUT2D eigenvalue weighted by Crippen LogP contribution is 2.28. The molecule has 2 amide bonds. The van der Waals surface area contributed by atoms with E-state index in [1.807, 2.05) is 62.4 Å². The van der Waals surface area contributed by atoms with Crippen LogP contribution in [0.25, 0.3) is 0 Å². The van der Waals surface area contributed by atoms with Crippen LogP contribution in [0.4, 0.5) is 5.69 Å². The standard InChI is InChI=1S/C37H42ClN3O4S/c1-5-23-39-37(43)35(24-29-11-7-6-8-12-29)40(25-31-13-9-10-14-34(31)38)36(42)26-41(32-19-17-30(18-20-32)27(2)3)46(44,45)33-21-15-28(4)16-22-33/h6-22,27,35H,5,23-26H2,1-4H3,(H,39,43)/t35-/m1/s1. The Balaban J connectivity index is 1.81. The number of nitrogens with zero attached hydrogens (tertiary/aromatic N) is 2. The number of carbonyl (C=O) groups is 2. The van der Waals surface area contributed by atoms with Crippen LogP contribution in [0.5, 0.6) is 0 Å². The Bertz CT molecular complexity index is 1710. The van der Waals surface area contributed by atoms with E-state index in [9.17, 15) is 18.0 Å². The normalized spacial score (nSPS) is 12.0. The summed E-state index contributed by atoms with van der Waals surface area (Å²) in [6, 6.07) is 29.4. The van der Waals surface area contributed by atoms with Crippen LogP contribution in [0.1, 0.15) is 55.4 Å². The van der Waals surface area contributed by atoms with E-state index in [1.165, 1.54) is 4.90 Å². The molecule has 4 rings (SSSR count). The molecule has 1 N–H and O–H groups in total. The minimum absolute atomic E-state index is 0.0141. The number of anilines is 1. The highest BCUT2D eigenvalue weighted by Gasteiger charge is 2.34. The number of nitrogens with one attached hydrogen (secondary N) is 1. The first-order chi connectivity index (χ1) is 22.0. The van der Waals surface area contributed by atoms with Gasteiger partial charge in [-0.25, -0.2) is 8.42 Å². The van der Waals surface area contributed by atoms with Crippen molar-refractivity contribution in [3.05, 3.63) is 130 Å². The second-order valence-corrected chi connectivity index (χ2v) is 14.0. The molecule has 0 saturated carbocycles. The number of rotatable bonds is 14. The van der Waals surface area contributed by atoms with Crippen LogP contribution < -0.4 is 9.62 Å². The Morgan fingerprint density at radius 3 is 2.09 bits per heavy atom. The Kier molecular flexibility index (Phi) is 12.0. The Hall–Kier alpha value is -4.14. The molecular weight excluding hydrogens is 618 g/mol. The zero-order valence-corrected chi connectivity index (χ0v) is 28.4. The van der Waals surface area contributed by atoms with E-state index in [0.717, 1.165) is 27.4 Å². The van der Waals surface area contributed by atoms with Gasteiger partial charge in [-0.1, -0.05) is 111 Å². The Morgan fingerprint density at radius 1 is 0.848 bits per heavy atom. The van der Waals surface area contributed by atoms with Gasteiger partial charge >= 0.3 is 0 Å². The van der Waals surface area contributed by atoms with Gasteiger partial charge in [-0.3, -0.25) is 13.9 Å². The topological polar surface area (TPSA) is 86.8 Å². The first-order valence-corrected chi connectivity index (χ1v) is 17.4. The fourth-order valence-corrected chi connectivity index (χ4v) is 6.73. The summed E-state index contributed by atoms with van der Waals surface area (Å²) in [5.41, 5.74) is 3.82. The number of sulfonamides is 1. The number of amides is 2. The molecule has 4 aromatic rings. The van der Waals surface area contributed by atoms with E-state index in [1.54, 1.807) is 54.6 Å². The Morgan fingerprint density at radius 2 is 1.48 bits per heavy atom. The second kappa shape index (κ2) is 15.9. The van der Waals surface area contributed by atoms with E-state index < -0.39 is 28.5 Å². The zero-order chi connectivity index (χ0) is 33.3. The molecule has 0 fully saturated rings. The number of carbonyl (C=O) groups excluding carboxylic acids is 2. The number of benzene rings is 4. The average Bonchev–Trinajstić information content (AvgIpc) is 3.05. The minimum Gasteiger partial charge on any atom is -0.354 e. The molecule has 46 heavy (non-hydrogen) atoms. The molecule has 0 radical (unpaired) electrons. The molecule has 0 aromatic heterocycles. The maximum atomic E-state index is 14.6. The van der Waals surface area contributed by atoms with E-state index in [4.69, 9.17) is 11.6 Å². The summed E-state index contributed by atoms with van der Waals surface area (Å²) in [4.78, 5) is 29.8. The second-order valence-electron chi connectivity index (χ2n) is 11.7. The third-order valence-corrected chi connectivity index (χ3v) is 10.0. The molecule has 1 atom stereocenters. The molecule has 0 aliphatic heterocycles. The minimum atomic E-state index is -4.17. The van der Waals surface area contributed by atoms with Crippen molar-refractivity contribution < 1.29 is 18.0 Å². The average molecular weight is 660 g/mol. The van der Waals surface area contributed by atoms with Crippen LogP contribution in [0.3, 0.4) is 0 Å². The molecule has 4 aromatic carbocycles. The molecule has 0 spiro atoms. The van der Waals surface area contributed by atoms with E-state index in [0.29, 0.717) is 22.8 Å². The van der Waals surface area contributed by atoms with Crippen LogP contribution >= 0.6 is 11.6 Å². The van der Waals surface area contributed by atoms with Crippen molar-refractivity contribution in [3.8, 4) is 0 Å². The first kappa shape index (κ1) is 34.7. The monoisotopic (exact) mass is 659 g/mol. The summed E-state index contributed by atoms with van der Waals surface area (Å²) in [6.07, 6.45) is 0.956. The summed E-state index contributed by atoms with van der Waals surface area (Å²) in [5.74, 6) is -0.610. The zero-order valence-electron chi connectivity index (χ0n) is 26.8. The highest BCUT2D eigenvalue weighted by molar-refractivity contribution is 7.92. The van der Waals surface area contributed by atoms with Crippen LogP contribution in [-0.4, -0.2) is 44.3 Å². The molecule has 0 unspecified atom stereocenters. The Labute approximate surface area is 278 Å². The van der Waals surface area contributed by atoms with Gasteiger partial charge in [0, 0.05) is 24.5 Å². The van der Waals surface area contributed by atoms with E-state index in [2.05, 4.69) is 19.2 Å². The number of hydrogen-bond donors (Lipinski definition) is 1. The van der Waals surface area contributed by atoms with Crippen molar-refractivity contribution in [2.75, 3.05) is 17.4 Å². The van der Waals surface area contributed by atoms with Crippen LogP contribution in [0.2, 0.25) is 5.02 Å². The van der Waals surface area contributed by atoms with Gasteiger partial charge in [0.2, 0.25) is 11.8 Å². The molecule has 9 heteroatoms. The summed E-state index contributed by atoms with van der Waals surface area (Å²) >= 11 is 6.56. The fraction of sp³-hybridized carbons (Fsp3) is 0.297. The summed E-state index contributed by atoms with van der Waals surface area (Å²) in [6.45, 7) is 7.89. The van der Waals surface area contributed by atoms with Crippen molar-refractivity contribution in [2.45, 2.75) is 63.9 Å². The van der Waals surface area contributed by atoms with Crippen LogP contribution in [-0.2, 0) is 32.6 Å². The van der Waals surface area contributed by atoms with Crippen molar-refractivity contribution >= 4 is 39.1 Å². The van der Waals surface area contributed by atoms with E-state index in [-0.39, 0.29) is 29.7 Å². The lowest BCUT2D eigenvalue weighted by molar-refractivity contribution is -0.140. The smallest absolute Gasteiger partial charge is 0.264 e. The predicted octanol–water partition coefficient (Wildman–Crippen LogP) is 7.13. The van der Waals surface area contributed by atoms with Gasteiger partial charge in [-0.05, 0) is 66.3 Å². The quantitative estimate of drug-likeness (QED) is 0.156. The SMILES string of the molecule is CCCNC(=O)[C@@H](Cc1ccccc1)N(Cc1ccccc1Cl)C(=O)CN(c1ccc(C(C)C)cc1)S(=O)(=O)c1ccc(C)cc1. The highest BCUT2D eigenvalue weighted by atomic mass is 35.5. The number of hydrogen-bond acceptors (Lipinski definition) is 4. The van der Waals surface area contributed by atoms with Gasteiger partial charge in [0.15, 0.2) is 0 Å². The molecule has 0 saturated heterocycles. The van der Waals surface area contributed by atoms with Gasteiger partial charge in [0.05, 0.1) is 10.6 Å². The summed E-state index contributed by atoms with van der Waals surface area (Å²) in [5, 5.41) is 3.40. The fourth-order valence-electron chi connectivity index (χ4n) is 5.12. The maximum Gasteiger partial charge on any atom is 0.264 e. The summed E-state index contributed by atoms with van der Waals surface area (Å²) < 4.78 is 29.6. The lowest BCUT2D eigenvalue weighted by atomic mass is 10.0. The number of halogens is 1. The lowest BCUT2D eigenvalue weighted by Gasteiger charge is -2.34. The molecule has 0 aliphatic carbocycles. The van der Waals surface area contributed by atoms with Gasteiger partial charge in [-0.15, -0.1) is 0 Å². The van der Waals surface area contributed by atoms with E-state index >= 15 is 0 Å². The third-order valence-electron chi connectivity index (χ3n) is 7.85. The molecule has 0 aliphatic rings. The first-order valence-electron chi connectivity index (χ1n) is 15.5. The van der Waals surface area contributed by atoms with Crippen LogP contribution in [0, 0.1) is 6.92 Å². The number of aryl methyl sites for hydroxylation is 1. The lowest BCUT2D eigenvalue weighted by Crippen LogP contribution is -2.53. The van der Waals surface area contributed by atoms with Gasteiger partial charge < -0.3 is 10.2 Å². The molecule has 0 bridgehead atoms. The van der Waals surface area contributed by atoms with Crippen molar-refractivity contribution in [2.24, 2.45) is 0 Å². The third kappa shape index (κ3) is 8.77. The van der Waals surface area contributed by atoms with Crippen LogP contribution in [0.15, 0.2) is 108 Å². The molecular formula is C37H42ClN3O4S. The molecule has 7 nitrogen and oxygen atoms in total.